The monoisotopic (exact) mass is 267 g/mol. The summed E-state index contributed by atoms with van der Waals surface area (Å²) in [4.78, 5) is 4.47. The molecule has 1 heteroatoms. The van der Waals surface area contributed by atoms with Crippen molar-refractivity contribution >= 4 is 5.71 Å². The van der Waals surface area contributed by atoms with Crippen molar-refractivity contribution < 1.29 is 0 Å². The highest BCUT2D eigenvalue weighted by Gasteiger charge is 1.99. The highest BCUT2D eigenvalue weighted by Crippen LogP contribution is 2.12. The van der Waals surface area contributed by atoms with Crippen LogP contribution in [0.2, 0.25) is 0 Å². The summed E-state index contributed by atoms with van der Waals surface area (Å²) >= 11 is 0. The number of unbranched alkanes of at least 4 members (excludes halogenated alkanes) is 10. The highest BCUT2D eigenvalue weighted by molar-refractivity contribution is 5.84. The predicted molar refractivity (Wildman–Crippen MR) is 89.3 cm³/mol. The lowest BCUT2D eigenvalue weighted by molar-refractivity contribution is 0.604. The number of rotatable bonds is 14. The van der Waals surface area contributed by atoms with Gasteiger partial charge in [0.15, 0.2) is 0 Å². The molecule has 0 aliphatic carbocycles. The molecule has 0 aliphatic heterocycles. The van der Waals surface area contributed by atoms with Gasteiger partial charge in [0.1, 0.15) is 0 Å². The summed E-state index contributed by atoms with van der Waals surface area (Å²) in [6.07, 6.45) is 19.2. The molecule has 0 unspecified atom stereocenters. The zero-order valence-electron chi connectivity index (χ0n) is 13.8. The Balaban J connectivity index is 3.36. The quantitative estimate of drug-likeness (QED) is 0.250. The zero-order valence-corrected chi connectivity index (χ0v) is 13.8. The molecule has 0 aromatic heterocycles. The Morgan fingerprint density at radius 3 is 1.32 bits per heavy atom. The molecule has 0 rings (SSSR count). The van der Waals surface area contributed by atoms with E-state index in [0.29, 0.717) is 0 Å². The average Bonchev–Trinajstić information content (AvgIpc) is 2.44. The van der Waals surface area contributed by atoms with Gasteiger partial charge in [0.25, 0.3) is 0 Å². The molecule has 0 radical (unpaired) electrons. The van der Waals surface area contributed by atoms with Crippen molar-refractivity contribution in [2.75, 3.05) is 7.05 Å². The molecule has 0 saturated carbocycles. The molecule has 0 spiro atoms. The first-order chi connectivity index (χ1) is 9.35. The van der Waals surface area contributed by atoms with Crippen LogP contribution in [0, 0.1) is 0 Å². The Kier molecular flexibility index (Phi) is 15.5. The molecule has 0 amide bonds. The molecule has 0 saturated heterocycles. The maximum absolute atomic E-state index is 4.47. The molecule has 0 atom stereocenters. The van der Waals surface area contributed by atoms with Crippen LogP contribution in [-0.4, -0.2) is 12.8 Å². The van der Waals surface area contributed by atoms with Gasteiger partial charge in [-0.1, -0.05) is 78.1 Å². The number of hydrogen-bond acceptors (Lipinski definition) is 1. The summed E-state index contributed by atoms with van der Waals surface area (Å²) in [6, 6.07) is 0. The second-order valence-electron chi connectivity index (χ2n) is 5.83. The number of aliphatic imine (C=N–C) groups is 1. The van der Waals surface area contributed by atoms with Crippen molar-refractivity contribution in [1.29, 1.82) is 0 Å². The smallest absolute Gasteiger partial charge is 0.0276 e. The van der Waals surface area contributed by atoms with Gasteiger partial charge in [-0.25, -0.2) is 0 Å². The van der Waals surface area contributed by atoms with Crippen molar-refractivity contribution in [1.82, 2.24) is 0 Å². The second kappa shape index (κ2) is 15.7. The maximum Gasteiger partial charge on any atom is 0.0276 e. The summed E-state index contributed by atoms with van der Waals surface area (Å²) in [5.41, 5.74) is 1.46. The van der Waals surface area contributed by atoms with E-state index >= 15 is 0 Å². The highest BCUT2D eigenvalue weighted by atomic mass is 14.7. The lowest BCUT2D eigenvalue weighted by Crippen LogP contribution is -1.98. The Hall–Kier alpha value is -0.330. The van der Waals surface area contributed by atoms with Crippen molar-refractivity contribution in [3.8, 4) is 0 Å². The minimum atomic E-state index is 1.25. The van der Waals surface area contributed by atoms with Crippen molar-refractivity contribution in [2.45, 2.75) is 104 Å². The van der Waals surface area contributed by atoms with Gasteiger partial charge in [-0.05, 0) is 25.7 Å². The molecule has 0 aromatic rings. The molecule has 0 bridgehead atoms. The largest absolute Gasteiger partial charge is 0.297 e. The van der Waals surface area contributed by atoms with Crippen LogP contribution in [0.1, 0.15) is 104 Å². The minimum Gasteiger partial charge on any atom is -0.297 e. The Morgan fingerprint density at radius 1 is 0.579 bits per heavy atom. The van der Waals surface area contributed by atoms with E-state index in [-0.39, 0.29) is 0 Å². The molecule has 0 aliphatic rings. The first kappa shape index (κ1) is 18.7. The summed E-state index contributed by atoms with van der Waals surface area (Å²) in [7, 11) is 1.98. The van der Waals surface area contributed by atoms with E-state index in [9.17, 15) is 0 Å². The van der Waals surface area contributed by atoms with Crippen LogP contribution in [0.4, 0.5) is 0 Å². The van der Waals surface area contributed by atoms with Crippen LogP contribution in [0.5, 0.6) is 0 Å². The van der Waals surface area contributed by atoms with Crippen LogP contribution in [0.15, 0.2) is 4.99 Å². The van der Waals surface area contributed by atoms with Crippen LogP contribution < -0.4 is 0 Å². The third kappa shape index (κ3) is 13.9. The molecule has 0 aromatic carbocycles. The molecule has 0 fully saturated rings. The number of hydrogen-bond donors (Lipinski definition) is 0. The van der Waals surface area contributed by atoms with Crippen LogP contribution >= 0.6 is 0 Å². The van der Waals surface area contributed by atoms with Gasteiger partial charge in [0.2, 0.25) is 0 Å². The van der Waals surface area contributed by atoms with E-state index in [1.165, 1.54) is 95.6 Å². The lowest BCUT2D eigenvalue weighted by atomic mass is 10.0. The van der Waals surface area contributed by atoms with Gasteiger partial charge < -0.3 is 0 Å². The molecule has 1 nitrogen and oxygen atoms in total. The summed E-state index contributed by atoms with van der Waals surface area (Å²) in [5.74, 6) is 0. The van der Waals surface area contributed by atoms with Gasteiger partial charge in [-0.2, -0.15) is 0 Å². The third-order valence-electron chi connectivity index (χ3n) is 3.95. The molecule has 0 heterocycles. The van der Waals surface area contributed by atoms with Crippen LogP contribution in [0.25, 0.3) is 0 Å². The normalized spacial score (nSPS) is 10.7. The van der Waals surface area contributed by atoms with E-state index in [1.807, 2.05) is 7.05 Å². The van der Waals surface area contributed by atoms with Gasteiger partial charge in [0, 0.05) is 12.8 Å². The molecular formula is C18H37N. The topological polar surface area (TPSA) is 12.4 Å². The molecule has 114 valence electrons. The lowest BCUT2D eigenvalue weighted by Gasteiger charge is -2.06. The van der Waals surface area contributed by atoms with E-state index in [2.05, 4.69) is 18.8 Å². The maximum atomic E-state index is 4.47. The van der Waals surface area contributed by atoms with Crippen LogP contribution in [-0.2, 0) is 0 Å². The Labute approximate surface area is 122 Å². The van der Waals surface area contributed by atoms with Gasteiger partial charge >= 0.3 is 0 Å². The second-order valence-corrected chi connectivity index (χ2v) is 5.83. The van der Waals surface area contributed by atoms with Gasteiger partial charge in [0.05, 0.1) is 0 Å². The van der Waals surface area contributed by atoms with Crippen LogP contribution in [0.3, 0.4) is 0 Å². The Bertz CT molecular complexity index is 178. The van der Waals surface area contributed by atoms with E-state index in [4.69, 9.17) is 0 Å². The van der Waals surface area contributed by atoms with Gasteiger partial charge in [-0.15, -0.1) is 0 Å². The van der Waals surface area contributed by atoms with Crippen molar-refractivity contribution in [2.24, 2.45) is 4.99 Å². The molecular weight excluding hydrogens is 230 g/mol. The SMILES string of the molecule is CCCCCCCCC(CCCCCCCC)=NC. The predicted octanol–water partition coefficient (Wildman–Crippen LogP) is 6.56. The van der Waals surface area contributed by atoms with E-state index in [1.54, 1.807) is 0 Å². The Morgan fingerprint density at radius 2 is 0.947 bits per heavy atom. The first-order valence-electron chi connectivity index (χ1n) is 8.79. The zero-order chi connectivity index (χ0) is 14.2. The fraction of sp³-hybridized carbons (Fsp3) is 0.944. The standard InChI is InChI=1S/C18H37N/c1-4-6-8-10-12-14-16-18(19-3)17-15-13-11-9-7-5-2/h4-17H2,1-3H3. The molecule has 19 heavy (non-hydrogen) atoms. The molecule has 0 N–H and O–H groups in total. The van der Waals surface area contributed by atoms with E-state index < -0.39 is 0 Å². The first-order valence-corrected chi connectivity index (χ1v) is 8.79. The average molecular weight is 268 g/mol. The van der Waals surface area contributed by atoms with E-state index in [0.717, 1.165) is 0 Å². The van der Waals surface area contributed by atoms with Crippen molar-refractivity contribution in [3.05, 3.63) is 0 Å². The minimum absolute atomic E-state index is 1.25. The number of nitrogens with zero attached hydrogens (tertiary/aromatic N) is 1. The third-order valence-corrected chi connectivity index (χ3v) is 3.95. The van der Waals surface area contributed by atoms with Gasteiger partial charge in [-0.3, -0.25) is 4.99 Å². The summed E-state index contributed by atoms with van der Waals surface area (Å²) < 4.78 is 0. The van der Waals surface area contributed by atoms with Crippen molar-refractivity contribution in [3.63, 3.8) is 0 Å². The summed E-state index contributed by atoms with van der Waals surface area (Å²) in [5, 5.41) is 0. The fourth-order valence-electron chi connectivity index (χ4n) is 2.57. The summed E-state index contributed by atoms with van der Waals surface area (Å²) in [6.45, 7) is 4.56. The fourth-order valence-corrected chi connectivity index (χ4v) is 2.57.